The van der Waals surface area contributed by atoms with E-state index in [4.69, 9.17) is 9.72 Å². The Hall–Kier alpha value is -3.23. The van der Waals surface area contributed by atoms with Gasteiger partial charge in [-0.1, -0.05) is 0 Å². The first-order chi connectivity index (χ1) is 16.5. The Balaban J connectivity index is 1.22. The highest BCUT2D eigenvalue weighted by Gasteiger charge is 2.39. The molecule has 0 saturated carbocycles. The van der Waals surface area contributed by atoms with E-state index in [0.29, 0.717) is 18.1 Å². The molecule has 0 spiro atoms. The highest BCUT2D eigenvalue weighted by molar-refractivity contribution is 5.66. The van der Waals surface area contributed by atoms with Gasteiger partial charge >= 0.3 is 0 Å². The Morgan fingerprint density at radius 1 is 1.15 bits per heavy atom. The van der Waals surface area contributed by atoms with E-state index in [2.05, 4.69) is 69.6 Å². The van der Waals surface area contributed by atoms with Crippen LogP contribution in [0.5, 0.6) is 0 Å². The lowest BCUT2D eigenvalue weighted by Gasteiger charge is -2.30. The molecular formula is C26H33N7O. The number of hydrogen-bond donors (Lipinski definition) is 2. The monoisotopic (exact) mass is 459 g/mol. The van der Waals surface area contributed by atoms with Crippen LogP contribution in [0.1, 0.15) is 18.4 Å². The standard InChI is InChI=1S/C26H33N7O/c1-18-13-20(6-7-24(18)33-16-22-14-21(33)17-34-22)30-26-28-11-9-23(31-26)19-5-8-25(29-15-19)27-10-4-12-32(2)3/h5-9,11,13,15,21-22H,4,10,12,14,16-17H2,1-3H3,(H,27,29)(H,28,30,31)/t21-,22-/m0/s1. The van der Waals surface area contributed by atoms with Crippen LogP contribution in [0.25, 0.3) is 11.3 Å². The number of ether oxygens (including phenoxy) is 1. The summed E-state index contributed by atoms with van der Waals surface area (Å²) in [7, 11) is 4.17. The molecule has 0 radical (unpaired) electrons. The van der Waals surface area contributed by atoms with E-state index in [1.165, 1.54) is 11.3 Å². The third-order valence-corrected chi connectivity index (χ3v) is 6.47. The fourth-order valence-electron chi connectivity index (χ4n) is 4.72. The zero-order valence-corrected chi connectivity index (χ0v) is 20.2. The number of rotatable bonds is 9. The van der Waals surface area contributed by atoms with Gasteiger partial charge < -0.3 is 25.2 Å². The van der Waals surface area contributed by atoms with E-state index in [0.717, 1.165) is 61.8 Å². The molecule has 34 heavy (non-hydrogen) atoms. The molecule has 2 N–H and O–H groups in total. The van der Waals surface area contributed by atoms with Crippen LogP contribution in [-0.2, 0) is 4.74 Å². The second-order valence-electron chi connectivity index (χ2n) is 9.40. The summed E-state index contributed by atoms with van der Waals surface area (Å²) in [5.74, 6) is 1.45. The van der Waals surface area contributed by atoms with Crippen molar-refractivity contribution in [1.29, 1.82) is 0 Å². The Kier molecular flexibility index (Phi) is 6.60. The van der Waals surface area contributed by atoms with Gasteiger partial charge in [0, 0.05) is 42.4 Å². The van der Waals surface area contributed by atoms with Crippen molar-refractivity contribution in [3.63, 3.8) is 0 Å². The van der Waals surface area contributed by atoms with E-state index >= 15 is 0 Å². The number of benzene rings is 1. The fraction of sp³-hybridized carbons (Fsp3) is 0.423. The predicted molar refractivity (Wildman–Crippen MR) is 137 cm³/mol. The Bertz CT molecular complexity index is 1120. The van der Waals surface area contributed by atoms with Crippen LogP contribution in [0.15, 0.2) is 48.8 Å². The number of nitrogens with one attached hydrogen (secondary N) is 2. The van der Waals surface area contributed by atoms with Crippen molar-refractivity contribution in [2.45, 2.75) is 31.9 Å². The largest absolute Gasteiger partial charge is 0.374 e. The van der Waals surface area contributed by atoms with E-state index in [-0.39, 0.29) is 0 Å². The van der Waals surface area contributed by atoms with Gasteiger partial charge in [0.25, 0.3) is 0 Å². The van der Waals surface area contributed by atoms with Crippen molar-refractivity contribution >= 4 is 23.1 Å². The van der Waals surface area contributed by atoms with Gasteiger partial charge in [-0.2, -0.15) is 0 Å². The molecule has 2 fully saturated rings. The molecule has 0 amide bonds. The maximum absolute atomic E-state index is 5.75. The van der Waals surface area contributed by atoms with Crippen molar-refractivity contribution < 1.29 is 4.74 Å². The number of aryl methyl sites for hydroxylation is 1. The third kappa shape index (κ3) is 5.13. The highest BCUT2D eigenvalue weighted by atomic mass is 16.5. The fourth-order valence-corrected chi connectivity index (χ4v) is 4.72. The number of morpholine rings is 1. The molecule has 2 bridgehead atoms. The van der Waals surface area contributed by atoms with Crippen molar-refractivity contribution in [1.82, 2.24) is 19.9 Å². The second-order valence-corrected chi connectivity index (χ2v) is 9.40. The van der Waals surface area contributed by atoms with Crippen molar-refractivity contribution in [2.75, 3.05) is 55.9 Å². The van der Waals surface area contributed by atoms with E-state index in [1.807, 2.05) is 24.4 Å². The summed E-state index contributed by atoms with van der Waals surface area (Å²) in [6.07, 6.45) is 6.24. The third-order valence-electron chi connectivity index (χ3n) is 6.47. The lowest BCUT2D eigenvalue weighted by molar-refractivity contribution is 0.0991. The van der Waals surface area contributed by atoms with Gasteiger partial charge in [-0.3, -0.25) is 0 Å². The molecule has 4 heterocycles. The lowest BCUT2D eigenvalue weighted by Crippen LogP contribution is -2.37. The predicted octanol–water partition coefficient (Wildman–Crippen LogP) is 3.93. The van der Waals surface area contributed by atoms with Crippen LogP contribution < -0.4 is 15.5 Å². The van der Waals surface area contributed by atoms with Crippen LogP contribution in [0, 0.1) is 6.92 Å². The minimum atomic E-state index is 0.390. The highest BCUT2D eigenvalue weighted by Crippen LogP contribution is 2.35. The van der Waals surface area contributed by atoms with Crippen molar-refractivity contribution in [3.8, 4) is 11.3 Å². The average molecular weight is 460 g/mol. The summed E-state index contributed by atoms with van der Waals surface area (Å²) in [5.41, 5.74) is 5.31. The molecule has 2 atom stereocenters. The first-order valence-electron chi connectivity index (χ1n) is 12.0. The minimum Gasteiger partial charge on any atom is -0.374 e. The number of fused-ring (bicyclic) bond motifs is 2. The van der Waals surface area contributed by atoms with Crippen molar-refractivity contribution in [3.05, 3.63) is 54.4 Å². The van der Waals surface area contributed by atoms with Gasteiger partial charge in [-0.25, -0.2) is 15.0 Å². The molecule has 2 aliphatic rings. The molecule has 8 heteroatoms. The molecule has 2 saturated heterocycles. The number of pyridine rings is 1. The van der Waals surface area contributed by atoms with Crippen molar-refractivity contribution in [2.24, 2.45) is 0 Å². The molecule has 178 valence electrons. The van der Waals surface area contributed by atoms with Crippen LogP contribution in [0.4, 0.5) is 23.1 Å². The summed E-state index contributed by atoms with van der Waals surface area (Å²) >= 11 is 0. The summed E-state index contributed by atoms with van der Waals surface area (Å²) in [6.45, 7) is 5.94. The topological polar surface area (TPSA) is 78.4 Å². The molecule has 2 aromatic heterocycles. The van der Waals surface area contributed by atoms with E-state index in [9.17, 15) is 0 Å². The van der Waals surface area contributed by atoms with Crippen LogP contribution in [-0.4, -0.2) is 72.3 Å². The maximum atomic E-state index is 5.75. The second kappa shape index (κ2) is 9.95. The van der Waals surface area contributed by atoms with Gasteiger partial charge in [-0.05, 0) is 82.4 Å². The molecule has 5 rings (SSSR count). The summed E-state index contributed by atoms with van der Waals surface area (Å²) in [6, 6.07) is 12.9. The number of anilines is 4. The summed E-state index contributed by atoms with van der Waals surface area (Å²) < 4.78 is 5.75. The van der Waals surface area contributed by atoms with Gasteiger partial charge in [0.05, 0.1) is 24.4 Å². The minimum absolute atomic E-state index is 0.390. The number of nitrogens with zero attached hydrogens (tertiary/aromatic N) is 5. The number of aromatic nitrogens is 3. The summed E-state index contributed by atoms with van der Waals surface area (Å²) in [4.78, 5) is 18.3. The average Bonchev–Trinajstić information content (AvgIpc) is 3.46. The van der Waals surface area contributed by atoms with Crippen LogP contribution in [0.2, 0.25) is 0 Å². The first kappa shape index (κ1) is 22.6. The van der Waals surface area contributed by atoms with Gasteiger partial charge in [0.2, 0.25) is 5.95 Å². The molecule has 0 aliphatic carbocycles. The smallest absolute Gasteiger partial charge is 0.227 e. The first-order valence-corrected chi connectivity index (χ1v) is 12.0. The normalized spacial score (nSPS) is 19.1. The quantitative estimate of drug-likeness (QED) is 0.466. The lowest BCUT2D eigenvalue weighted by atomic mass is 10.1. The molecule has 2 aliphatic heterocycles. The SMILES string of the molecule is Cc1cc(Nc2nccc(-c3ccc(NCCCN(C)C)nc3)n2)ccc1N1C[C@@H]2C[C@H]1CO2. The molecular weight excluding hydrogens is 426 g/mol. The number of hydrogen-bond acceptors (Lipinski definition) is 8. The zero-order valence-electron chi connectivity index (χ0n) is 20.2. The zero-order chi connectivity index (χ0) is 23.5. The Labute approximate surface area is 201 Å². The summed E-state index contributed by atoms with van der Waals surface area (Å²) in [5, 5.41) is 6.73. The molecule has 3 aromatic rings. The van der Waals surface area contributed by atoms with Gasteiger partial charge in [0.15, 0.2) is 0 Å². The molecule has 0 unspecified atom stereocenters. The van der Waals surface area contributed by atoms with Gasteiger partial charge in [-0.15, -0.1) is 0 Å². The molecule has 1 aromatic carbocycles. The van der Waals surface area contributed by atoms with Crippen LogP contribution in [0.3, 0.4) is 0 Å². The van der Waals surface area contributed by atoms with Gasteiger partial charge in [0.1, 0.15) is 5.82 Å². The van der Waals surface area contributed by atoms with E-state index < -0.39 is 0 Å². The van der Waals surface area contributed by atoms with E-state index in [1.54, 1.807) is 6.20 Å². The van der Waals surface area contributed by atoms with Crippen LogP contribution >= 0.6 is 0 Å². The Morgan fingerprint density at radius 2 is 2.06 bits per heavy atom. The Morgan fingerprint density at radius 3 is 2.76 bits per heavy atom. The maximum Gasteiger partial charge on any atom is 0.227 e. The molecule has 8 nitrogen and oxygen atoms in total.